The van der Waals surface area contributed by atoms with Crippen LogP contribution in [0.5, 0.6) is 0 Å². The lowest BCUT2D eigenvalue weighted by Crippen LogP contribution is -2.46. The van der Waals surface area contributed by atoms with Crippen molar-refractivity contribution in [2.24, 2.45) is 5.73 Å². The van der Waals surface area contributed by atoms with Crippen LogP contribution in [0.15, 0.2) is 0 Å². The summed E-state index contributed by atoms with van der Waals surface area (Å²) in [4.78, 5) is 11.5. The second kappa shape index (κ2) is 2.96. The molecule has 2 unspecified atom stereocenters. The van der Waals surface area contributed by atoms with Gasteiger partial charge >= 0.3 is 0 Å². The molecule has 74 valence electrons. The Morgan fingerprint density at radius 3 is 2.92 bits per heavy atom. The number of carbonyl (C=O) groups is 1. The van der Waals surface area contributed by atoms with Crippen LogP contribution in [0.3, 0.4) is 0 Å². The summed E-state index contributed by atoms with van der Waals surface area (Å²) in [6.07, 6.45) is 3.98. The van der Waals surface area contributed by atoms with Crippen LogP contribution in [0.4, 0.5) is 0 Å². The zero-order chi connectivity index (χ0) is 9.47. The molecule has 2 rings (SSSR count). The van der Waals surface area contributed by atoms with Gasteiger partial charge in [-0.15, -0.1) is 0 Å². The van der Waals surface area contributed by atoms with Gasteiger partial charge in [0.25, 0.3) is 5.91 Å². The van der Waals surface area contributed by atoms with Crippen molar-refractivity contribution in [3.8, 4) is 0 Å². The number of nitrogens with one attached hydrogen (secondary N) is 1. The molecule has 0 bridgehead atoms. The van der Waals surface area contributed by atoms with E-state index in [1.807, 2.05) is 0 Å². The van der Waals surface area contributed by atoms with Crippen molar-refractivity contribution in [3.05, 3.63) is 0 Å². The lowest BCUT2D eigenvalue weighted by Gasteiger charge is -2.06. The molecular formula is C9H16N2O2. The first kappa shape index (κ1) is 8.97. The van der Waals surface area contributed by atoms with E-state index in [1.165, 1.54) is 0 Å². The number of rotatable bonds is 4. The molecule has 0 spiro atoms. The highest BCUT2D eigenvalue weighted by atomic mass is 16.6. The highest BCUT2D eigenvalue weighted by molar-refractivity contribution is 5.88. The fourth-order valence-electron chi connectivity index (χ4n) is 1.46. The lowest BCUT2D eigenvalue weighted by atomic mass is 10.1. The van der Waals surface area contributed by atoms with E-state index >= 15 is 0 Å². The van der Waals surface area contributed by atoms with Crippen LogP contribution < -0.4 is 11.1 Å². The number of epoxide rings is 1. The fourth-order valence-corrected chi connectivity index (χ4v) is 1.46. The van der Waals surface area contributed by atoms with Crippen molar-refractivity contribution in [1.29, 1.82) is 0 Å². The van der Waals surface area contributed by atoms with Gasteiger partial charge in [0.15, 0.2) is 0 Å². The maximum absolute atomic E-state index is 11.5. The standard InChI is InChI=1S/C9H16N2O2/c1-2-3-7-9(10,13-7)8(12)11-6-4-5-6/h6-7H,2-5,10H2,1H3,(H,11,12). The normalized spacial score (nSPS) is 37.2. The van der Waals surface area contributed by atoms with Gasteiger partial charge in [0, 0.05) is 6.04 Å². The first-order valence-corrected chi connectivity index (χ1v) is 4.94. The molecule has 1 heterocycles. The highest BCUT2D eigenvalue weighted by Crippen LogP contribution is 2.35. The SMILES string of the molecule is CCCC1OC1(N)C(=O)NC1CC1. The van der Waals surface area contributed by atoms with E-state index < -0.39 is 5.72 Å². The molecule has 13 heavy (non-hydrogen) atoms. The minimum Gasteiger partial charge on any atom is -0.350 e. The number of hydrogen-bond donors (Lipinski definition) is 2. The summed E-state index contributed by atoms with van der Waals surface area (Å²) in [5, 5.41) is 2.86. The third-order valence-electron chi connectivity index (χ3n) is 2.58. The minimum absolute atomic E-state index is 0.0590. The third-order valence-corrected chi connectivity index (χ3v) is 2.58. The molecule has 0 aromatic heterocycles. The predicted octanol–water partition coefficient (Wildman–Crippen LogP) is 0.119. The Labute approximate surface area is 77.8 Å². The van der Waals surface area contributed by atoms with Crippen molar-refractivity contribution >= 4 is 5.91 Å². The summed E-state index contributed by atoms with van der Waals surface area (Å²) in [6, 6.07) is 0.361. The summed E-state index contributed by atoms with van der Waals surface area (Å²) in [5.41, 5.74) is 4.76. The van der Waals surface area contributed by atoms with E-state index in [0.717, 1.165) is 25.7 Å². The van der Waals surface area contributed by atoms with Crippen molar-refractivity contribution in [2.75, 3.05) is 0 Å². The van der Waals surface area contributed by atoms with Crippen LogP contribution >= 0.6 is 0 Å². The van der Waals surface area contributed by atoms with Gasteiger partial charge in [-0.3, -0.25) is 10.5 Å². The molecule has 1 amide bonds. The average Bonchev–Trinajstić information content (AvgIpc) is 2.93. The van der Waals surface area contributed by atoms with Gasteiger partial charge in [0.2, 0.25) is 5.72 Å². The van der Waals surface area contributed by atoms with E-state index in [2.05, 4.69) is 12.2 Å². The number of hydrogen-bond acceptors (Lipinski definition) is 3. The first-order chi connectivity index (χ1) is 6.16. The highest BCUT2D eigenvalue weighted by Gasteiger charge is 2.59. The van der Waals surface area contributed by atoms with Gasteiger partial charge < -0.3 is 10.1 Å². The van der Waals surface area contributed by atoms with Crippen LogP contribution in [-0.4, -0.2) is 23.8 Å². The molecule has 3 N–H and O–H groups in total. The Morgan fingerprint density at radius 1 is 1.69 bits per heavy atom. The topological polar surface area (TPSA) is 67.6 Å². The zero-order valence-corrected chi connectivity index (χ0v) is 7.88. The Balaban J connectivity index is 1.82. The third kappa shape index (κ3) is 1.69. The van der Waals surface area contributed by atoms with Gasteiger partial charge in [-0.2, -0.15) is 0 Å². The quantitative estimate of drug-likeness (QED) is 0.610. The predicted molar refractivity (Wildman–Crippen MR) is 47.9 cm³/mol. The van der Waals surface area contributed by atoms with Crippen LogP contribution in [-0.2, 0) is 9.53 Å². The average molecular weight is 184 g/mol. The zero-order valence-electron chi connectivity index (χ0n) is 7.88. The number of ether oxygens (including phenoxy) is 1. The molecule has 0 aromatic rings. The largest absolute Gasteiger partial charge is 0.350 e. The second-order valence-corrected chi connectivity index (χ2v) is 3.94. The van der Waals surface area contributed by atoms with E-state index in [-0.39, 0.29) is 12.0 Å². The number of amides is 1. The summed E-state index contributed by atoms with van der Waals surface area (Å²) in [7, 11) is 0. The summed E-state index contributed by atoms with van der Waals surface area (Å²) in [6.45, 7) is 2.06. The molecule has 4 nitrogen and oxygen atoms in total. The van der Waals surface area contributed by atoms with Gasteiger partial charge in [0.05, 0.1) is 0 Å². The summed E-state index contributed by atoms with van der Waals surface area (Å²) >= 11 is 0. The van der Waals surface area contributed by atoms with Crippen LogP contribution in [0.25, 0.3) is 0 Å². The molecule has 4 heteroatoms. The lowest BCUT2D eigenvalue weighted by molar-refractivity contribution is -0.126. The molecular weight excluding hydrogens is 168 g/mol. The Kier molecular flexibility index (Phi) is 2.04. The van der Waals surface area contributed by atoms with Crippen molar-refractivity contribution in [2.45, 2.75) is 50.5 Å². The minimum atomic E-state index is -1.00. The molecule has 1 saturated carbocycles. The molecule has 0 aromatic carbocycles. The maximum atomic E-state index is 11.5. The van der Waals surface area contributed by atoms with E-state index in [1.54, 1.807) is 0 Å². The fraction of sp³-hybridized carbons (Fsp3) is 0.889. The van der Waals surface area contributed by atoms with Crippen LogP contribution in [0.2, 0.25) is 0 Å². The molecule has 2 atom stereocenters. The number of carbonyl (C=O) groups excluding carboxylic acids is 1. The molecule has 2 fully saturated rings. The van der Waals surface area contributed by atoms with Crippen molar-refractivity contribution < 1.29 is 9.53 Å². The maximum Gasteiger partial charge on any atom is 0.270 e. The number of nitrogens with two attached hydrogens (primary N) is 1. The molecule has 0 radical (unpaired) electrons. The van der Waals surface area contributed by atoms with E-state index in [9.17, 15) is 4.79 Å². The first-order valence-electron chi connectivity index (χ1n) is 4.94. The van der Waals surface area contributed by atoms with Crippen molar-refractivity contribution in [3.63, 3.8) is 0 Å². The molecule has 1 aliphatic heterocycles. The summed E-state index contributed by atoms with van der Waals surface area (Å²) < 4.78 is 5.20. The molecule has 2 aliphatic rings. The Hall–Kier alpha value is -0.610. The van der Waals surface area contributed by atoms with Gasteiger partial charge in [0.1, 0.15) is 6.10 Å². The van der Waals surface area contributed by atoms with Crippen molar-refractivity contribution in [1.82, 2.24) is 5.32 Å². The Morgan fingerprint density at radius 2 is 2.38 bits per heavy atom. The van der Waals surface area contributed by atoms with Gasteiger partial charge in [-0.1, -0.05) is 13.3 Å². The molecule has 1 saturated heterocycles. The van der Waals surface area contributed by atoms with Crippen LogP contribution in [0.1, 0.15) is 32.6 Å². The van der Waals surface area contributed by atoms with E-state index in [0.29, 0.717) is 6.04 Å². The van der Waals surface area contributed by atoms with E-state index in [4.69, 9.17) is 10.5 Å². The van der Waals surface area contributed by atoms with Gasteiger partial charge in [-0.05, 0) is 19.3 Å². The Bertz CT molecular complexity index is 228. The second-order valence-electron chi connectivity index (χ2n) is 3.94. The monoisotopic (exact) mass is 184 g/mol. The smallest absolute Gasteiger partial charge is 0.270 e. The summed E-state index contributed by atoms with van der Waals surface area (Å²) in [5.74, 6) is -0.131. The molecule has 1 aliphatic carbocycles. The van der Waals surface area contributed by atoms with Gasteiger partial charge in [-0.25, -0.2) is 0 Å². The van der Waals surface area contributed by atoms with Crippen LogP contribution in [0, 0.1) is 0 Å².